The van der Waals surface area contributed by atoms with Crippen molar-refractivity contribution in [2.24, 2.45) is 5.73 Å². The number of anilines is 1. The lowest BCUT2D eigenvalue weighted by atomic mass is 10.0. The van der Waals surface area contributed by atoms with E-state index >= 15 is 0 Å². The van der Waals surface area contributed by atoms with Crippen LogP contribution in [0.1, 0.15) is 10.4 Å². The predicted molar refractivity (Wildman–Crippen MR) is 95.3 cm³/mol. The highest BCUT2D eigenvalue weighted by molar-refractivity contribution is 7.91. The van der Waals surface area contributed by atoms with Crippen LogP contribution >= 0.6 is 0 Å². The number of rotatable bonds is 5. The highest BCUT2D eigenvalue weighted by Crippen LogP contribution is 2.21. The molecule has 134 valence electrons. The van der Waals surface area contributed by atoms with Crippen molar-refractivity contribution >= 4 is 33.2 Å². The molecule has 3 rings (SSSR count). The minimum Gasteiger partial charge on any atom is -0.366 e. The molecule has 0 fully saturated rings. The van der Waals surface area contributed by atoms with Crippen LogP contribution < -0.4 is 11.1 Å². The quantitative estimate of drug-likeness (QED) is 0.667. The van der Waals surface area contributed by atoms with E-state index < -0.39 is 27.4 Å². The Hall–Kier alpha value is -3.27. The van der Waals surface area contributed by atoms with E-state index in [2.05, 4.69) is 15.4 Å². The molecule has 9 nitrogen and oxygen atoms in total. The minimum atomic E-state index is -3.44. The maximum absolute atomic E-state index is 11.7. The van der Waals surface area contributed by atoms with E-state index in [0.29, 0.717) is 11.2 Å². The maximum Gasteiger partial charge on any atom is 0.249 e. The van der Waals surface area contributed by atoms with Gasteiger partial charge in [0.25, 0.3) is 0 Å². The molecule has 0 radical (unpaired) electrons. The molecule has 1 aromatic carbocycles. The lowest BCUT2D eigenvalue weighted by molar-refractivity contribution is -0.113. The van der Waals surface area contributed by atoms with Gasteiger partial charge in [0.2, 0.25) is 17.8 Å². The lowest BCUT2D eigenvalue weighted by Gasteiger charge is -2.03. The van der Waals surface area contributed by atoms with Gasteiger partial charge in [-0.2, -0.15) is 4.98 Å². The molecule has 0 aliphatic rings. The normalized spacial score (nSPS) is 11.4. The van der Waals surface area contributed by atoms with Gasteiger partial charge >= 0.3 is 0 Å². The van der Waals surface area contributed by atoms with Crippen molar-refractivity contribution in [2.45, 2.75) is 0 Å². The van der Waals surface area contributed by atoms with E-state index in [1.807, 2.05) is 6.07 Å². The second kappa shape index (κ2) is 6.56. The van der Waals surface area contributed by atoms with E-state index in [-0.39, 0.29) is 5.95 Å². The molecule has 0 aliphatic heterocycles. The number of amides is 2. The summed E-state index contributed by atoms with van der Waals surface area (Å²) < 4.78 is 23.7. The molecule has 3 aromatic rings. The van der Waals surface area contributed by atoms with E-state index in [1.165, 1.54) is 4.52 Å². The third kappa shape index (κ3) is 4.03. The molecule has 0 saturated heterocycles. The van der Waals surface area contributed by atoms with Gasteiger partial charge in [-0.15, -0.1) is 5.10 Å². The van der Waals surface area contributed by atoms with Crippen molar-refractivity contribution < 1.29 is 18.0 Å². The molecular formula is C16H15N5O4S. The van der Waals surface area contributed by atoms with Gasteiger partial charge in [-0.1, -0.05) is 12.1 Å². The average molecular weight is 373 g/mol. The van der Waals surface area contributed by atoms with Crippen LogP contribution in [0.15, 0.2) is 42.6 Å². The molecule has 0 atom stereocenters. The fourth-order valence-electron chi connectivity index (χ4n) is 2.36. The monoisotopic (exact) mass is 373 g/mol. The van der Waals surface area contributed by atoms with E-state index in [0.717, 1.165) is 17.4 Å². The lowest BCUT2D eigenvalue weighted by Crippen LogP contribution is -2.22. The predicted octanol–water partition coefficient (Wildman–Crippen LogP) is 0.478. The molecule has 0 saturated carbocycles. The Bertz CT molecular complexity index is 1120. The van der Waals surface area contributed by atoms with Crippen molar-refractivity contribution in [3.05, 3.63) is 48.2 Å². The smallest absolute Gasteiger partial charge is 0.249 e. The van der Waals surface area contributed by atoms with Crippen LogP contribution in [-0.4, -0.2) is 46.8 Å². The maximum atomic E-state index is 11.7. The second-order valence-electron chi connectivity index (χ2n) is 5.72. The summed E-state index contributed by atoms with van der Waals surface area (Å²) in [7, 11) is -3.44. The summed E-state index contributed by atoms with van der Waals surface area (Å²) >= 11 is 0. The molecule has 0 spiro atoms. The third-order valence-electron chi connectivity index (χ3n) is 3.46. The number of pyridine rings is 1. The van der Waals surface area contributed by atoms with Crippen molar-refractivity contribution in [2.75, 3.05) is 17.3 Å². The van der Waals surface area contributed by atoms with Gasteiger partial charge in [-0.3, -0.25) is 14.9 Å². The van der Waals surface area contributed by atoms with E-state index in [1.54, 1.807) is 36.5 Å². The van der Waals surface area contributed by atoms with Gasteiger partial charge in [-0.25, -0.2) is 12.9 Å². The second-order valence-corrected chi connectivity index (χ2v) is 7.86. The van der Waals surface area contributed by atoms with Gasteiger partial charge in [0.1, 0.15) is 5.75 Å². The molecule has 0 unspecified atom stereocenters. The largest absolute Gasteiger partial charge is 0.366 e. The summed E-state index contributed by atoms with van der Waals surface area (Å²) in [5.41, 5.74) is 7.68. The standard InChI is InChI=1S/C16H15N5O4S/c1-26(24,25)9-14(22)19-16-18-13-6-5-12(8-21(13)20-16)10-3-2-4-11(7-10)15(17)23/h2-8H,9H2,1H3,(H2,17,23)(H,19,20,22). The first-order valence-electron chi connectivity index (χ1n) is 7.45. The number of fused-ring (bicyclic) bond motifs is 1. The van der Waals surface area contributed by atoms with Crippen LogP contribution in [0, 0.1) is 0 Å². The fourth-order valence-corrected chi connectivity index (χ4v) is 2.91. The van der Waals surface area contributed by atoms with Gasteiger partial charge < -0.3 is 5.73 Å². The summed E-state index contributed by atoms with van der Waals surface area (Å²) in [5.74, 6) is -1.88. The Labute approximate surface area is 148 Å². The minimum absolute atomic E-state index is 0.00156. The highest BCUT2D eigenvalue weighted by atomic mass is 32.2. The fraction of sp³-hybridized carbons (Fsp3) is 0.125. The summed E-state index contributed by atoms with van der Waals surface area (Å²) in [5, 5.41) is 6.46. The number of hydrogen-bond donors (Lipinski definition) is 2. The van der Waals surface area contributed by atoms with E-state index in [9.17, 15) is 18.0 Å². The molecule has 0 aliphatic carbocycles. The number of carbonyl (C=O) groups excluding carboxylic acids is 2. The molecule has 3 N–H and O–H groups in total. The van der Waals surface area contributed by atoms with Crippen molar-refractivity contribution in [3.63, 3.8) is 0 Å². The van der Waals surface area contributed by atoms with Gasteiger partial charge in [0, 0.05) is 23.6 Å². The summed E-state index contributed by atoms with van der Waals surface area (Å²) in [6.07, 6.45) is 2.64. The molecule has 2 heterocycles. The topological polar surface area (TPSA) is 137 Å². The Balaban J connectivity index is 1.89. The highest BCUT2D eigenvalue weighted by Gasteiger charge is 2.14. The summed E-state index contributed by atoms with van der Waals surface area (Å²) in [4.78, 5) is 27.1. The zero-order valence-electron chi connectivity index (χ0n) is 13.7. The Morgan fingerprint density at radius 3 is 2.65 bits per heavy atom. The Kier molecular flexibility index (Phi) is 4.43. The van der Waals surface area contributed by atoms with Crippen LogP contribution in [0.25, 0.3) is 16.8 Å². The third-order valence-corrected chi connectivity index (χ3v) is 4.24. The van der Waals surface area contributed by atoms with Crippen LogP contribution in [0.5, 0.6) is 0 Å². The number of primary amides is 1. The van der Waals surface area contributed by atoms with Gasteiger partial charge in [0.05, 0.1) is 0 Å². The number of sulfone groups is 1. The number of hydrogen-bond acceptors (Lipinski definition) is 6. The number of nitrogens with zero attached hydrogens (tertiary/aromatic N) is 3. The first-order chi connectivity index (χ1) is 12.2. The first-order valence-corrected chi connectivity index (χ1v) is 9.51. The van der Waals surface area contributed by atoms with Crippen LogP contribution in [0.3, 0.4) is 0 Å². The zero-order chi connectivity index (χ0) is 18.9. The molecule has 10 heteroatoms. The number of aromatic nitrogens is 3. The van der Waals surface area contributed by atoms with Gasteiger partial charge in [-0.05, 0) is 29.8 Å². The number of nitrogens with one attached hydrogen (secondary N) is 1. The van der Waals surface area contributed by atoms with E-state index in [4.69, 9.17) is 5.73 Å². The van der Waals surface area contributed by atoms with Crippen molar-refractivity contribution in [3.8, 4) is 11.1 Å². The number of carbonyl (C=O) groups is 2. The van der Waals surface area contributed by atoms with Crippen LogP contribution in [0.4, 0.5) is 5.95 Å². The van der Waals surface area contributed by atoms with Crippen LogP contribution in [-0.2, 0) is 14.6 Å². The Morgan fingerprint density at radius 2 is 1.96 bits per heavy atom. The summed E-state index contributed by atoms with van der Waals surface area (Å²) in [6.45, 7) is 0. The molecule has 2 amide bonds. The number of nitrogens with two attached hydrogens (primary N) is 1. The SMILES string of the molecule is CS(=O)(=O)CC(=O)Nc1nc2ccc(-c3cccc(C(N)=O)c3)cn2n1. The Morgan fingerprint density at radius 1 is 1.19 bits per heavy atom. The van der Waals surface area contributed by atoms with Crippen molar-refractivity contribution in [1.82, 2.24) is 14.6 Å². The average Bonchev–Trinajstić information content (AvgIpc) is 2.94. The van der Waals surface area contributed by atoms with Crippen molar-refractivity contribution in [1.29, 1.82) is 0 Å². The first kappa shape index (κ1) is 17.5. The molecule has 26 heavy (non-hydrogen) atoms. The zero-order valence-corrected chi connectivity index (χ0v) is 14.5. The molecule has 0 bridgehead atoms. The van der Waals surface area contributed by atoms with Gasteiger partial charge in [0.15, 0.2) is 15.5 Å². The molecule has 2 aromatic heterocycles. The number of benzene rings is 1. The molecular weight excluding hydrogens is 358 g/mol. The summed E-state index contributed by atoms with van der Waals surface area (Å²) in [6, 6.07) is 10.3. The van der Waals surface area contributed by atoms with Crippen LogP contribution in [0.2, 0.25) is 0 Å².